The van der Waals surface area contributed by atoms with Gasteiger partial charge in [-0.2, -0.15) is 0 Å². The summed E-state index contributed by atoms with van der Waals surface area (Å²) in [6, 6.07) is 16.2. The summed E-state index contributed by atoms with van der Waals surface area (Å²) in [5.74, 6) is 0.0157. The van der Waals surface area contributed by atoms with Gasteiger partial charge in [-0.3, -0.25) is 14.6 Å². The molecule has 1 N–H and O–H groups in total. The predicted molar refractivity (Wildman–Crippen MR) is 112 cm³/mol. The number of morpholine rings is 1. The Hall–Kier alpha value is -1.92. The molecule has 2 aromatic carbocycles. The summed E-state index contributed by atoms with van der Waals surface area (Å²) in [4.78, 5) is 16.6. The largest absolute Gasteiger partial charge is 0.379 e. The molecule has 1 amide bonds. The lowest BCUT2D eigenvalue weighted by Gasteiger charge is -2.26. The number of carbonyl (C=O) groups excluding carboxylic acids is 1. The molecule has 0 bridgehead atoms. The number of amides is 1. The van der Waals surface area contributed by atoms with Crippen molar-refractivity contribution >= 4 is 17.5 Å². The zero-order valence-corrected chi connectivity index (χ0v) is 17.1. The molecule has 0 atom stereocenters. The Morgan fingerprint density at radius 2 is 1.82 bits per heavy atom. The molecule has 0 unspecified atom stereocenters. The summed E-state index contributed by atoms with van der Waals surface area (Å²) in [6.45, 7) is 6.13. The highest BCUT2D eigenvalue weighted by Crippen LogP contribution is 2.12. The third-order valence-corrected chi connectivity index (χ3v) is 5.01. The lowest BCUT2D eigenvalue weighted by atomic mass is 10.1. The van der Waals surface area contributed by atoms with E-state index in [1.54, 1.807) is 0 Å². The van der Waals surface area contributed by atoms with Gasteiger partial charge in [0, 0.05) is 37.7 Å². The van der Waals surface area contributed by atoms with Crippen LogP contribution in [0.1, 0.15) is 16.7 Å². The van der Waals surface area contributed by atoms with Crippen molar-refractivity contribution in [2.75, 3.05) is 39.9 Å². The SMILES string of the molecule is CN(CC(=O)NCc1ccc(CN2CCOCC2)cc1)Cc1cccc(Cl)c1. The van der Waals surface area contributed by atoms with Crippen LogP contribution >= 0.6 is 11.6 Å². The zero-order valence-electron chi connectivity index (χ0n) is 16.4. The molecule has 1 saturated heterocycles. The molecule has 1 aliphatic heterocycles. The van der Waals surface area contributed by atoms with Gasteiger partial charge in [-0.25, -0.2) is 0 Å². The van der Waals surface area contributed by atoms with Crippen molar-refractivity contribution in [2.45, 2.75) is 19.6 Å². The third kappa shape index (κ3) is 6.91. The van der Waals surface area contributed by atoms with Crippen LogP contribution in [0.25, 0.3) is 0 Å². The molecule has 28 heavy (non-hydrogen) atoms. The molecule has 0 aromatic heterocycles. The number of nitrogens with zero attached hydrogens (tertiary/aromatic N) is 2. The minimum Gasteiger partial charge on any atom is -0.379 e. The molecule has 2 aromatic rings. The third-order valence-electron chi connectivity index (χ3n) is 4.78. The number of halogens is 1. The van der Waals surface area contributed by atoms with Crippen LogP contribution in [0, 0.1) is 0 Å². The van der Waals surface area contributed by atoms with Crippen molar-refractivity contribution in [2.24, 2.45) is 0 Å². The Balaban J connectivity index is 1.40. The minimum atomic E-state index is 0.0157. The first-order valence-corrected chi connectivity index (χ1v) is 10.0. The van der Waals surface area contributed by atoms with E-state index >= 15 is 0 Å². The standard InChI is InChI=1S/C22H28ClN3O2/c1-25(15-20-3-2-4-21(23)13-20)17-22(27)24-14-18-5-7-19(8-6-18)16-26-9-11-28-12-10-26/h2-8,13H,9-12,14-17H2,1H3,(H,24,27). The average molecular weight is 402 g/mol. The zero-order chi connectivity index (χ0) is 19.8. The molecule has 1 fully saturated rings. The van der Waals surface area contributed by atoms with E-state index in [2.05, 4.69) is 34.5 Å². The maximum absolute atomic E-state index is 12.2. The highest BCUT2D eigenvalue weighted by Gasteiger charge is 2.11. The lowest BCUT2D eigenvalue weighted by Crippen LogP contribution is -2.35. The van der Waals surface area contributed by atoms with Gasteiger partial charge in [0.25, 0.3) is 0 Å². The van der Waals surface area contributed by atoms with Gasteiger partial charge in [-0.15, -0.1) is 0 Å². The second-order valence-electron chi connectivity index (χ2n) is 7.28. The Morgan fingerprint density at radius 3 is 2.54 bits per heavy atom. The first kappa shape index (κ1) is 20.8. The van der Waals surface area contributed by atoms with Gasteiger partial charge in [-0.05, 0) is 35.9 Å². The Labute approximate surface area is 172 Å². The normalized spacial score (nSPS) is 15.0. The first-order valence-electron chi connectivity index (χ1n) is 9.66. The maximum atomic E-state index is 12.2. The summed E-state index contributed by atoms with van der Waals surface area (Å²) in [5.41, 5.74) is 3.49. The van der Waals surface area contributed by atoms with Gasteiger partial charge in [-0.1, -0.05) is 48.0 Å². The number of benzene rings is 2. The molecule has 150 valence electrons. The molecule has 1 heterocycles. The molecular weight excluding hydrogens is 374 g/mol. The molecule has 3 rings (SSSR count). The molecule has 0 aliphatic carbocycles. The van der Waals surface area contributed by atoms with E-state index < -0.39 is 0 Å². The highest BCUT2D eigenvalue weighted by molar-refractivity contribution is 6.30. The number of likely N-dealkylation sites (N-methyl/N-ethyl adjacent to an activating group) is 1. The minimum absolute atomic E-state index is 0.0157. The number of ether oxygens (including phenoxy) is 1. The Morgan fingerprint density at radius 1 is 1.11 bits per heavy atom. The first-order chi connectivity index (χ1) is 13.6. The molecular formula is C22H28ClN3O2. The van der Waals surface area contributed by atoms with E-state index in [1.807, 2.05) is 36.2 Å². The summed E-state index contributed by atoms with van der Waals surface area (Å²) < 4.78 is 5.39. The van der Waals surface area contributed by atoms with Crippen molar-refractivity contribution in [1.82, 2.24) is 15.1 Å². The van der Waals surface area contributed by atoms with Gasteiger partial charge in [0.1, 0.15) is 0 Å². The summed E-state index contributed by atoms with van der Waals surface area (Å²) in [6.07, 6.45) is 0. The Bertz CT molecular complexity index is 761. The van der Waals surface area contributed by atoms with Gasteiger partial charge >= 0.3 is 0 Å². The lowest BCUT2D eigenvalue weighted by molar-refractivity contribution is -0.122. The van der Waals surface area contributed by atoms with Crippen LogP contribution in [0.2, 0.25) is 5.02 Å². The Kier molecular flexibility index (Phi) is 7.86. The molecule has 6 heteroatoms. The number of hydrogen-bond donors (Lipinski definition) is 1. The fourth-order valence-corrected chi connectivity index (χ4v) is 3.50. The average Bonchev–Trinajstić information content (AvgIpc) is 2.68. The molecule has 0 saturated carbocycles. The van der Waals surface area contributed by atoms with Crippen LogP contribution in [-0.4, -0.2) is 55.6 Å². The molecule has 0 radical (unpaired) electrons. The van der Waals surface area contributed by atoms with Crippen LogP contribution in [0.3, 0.4) is 0 Å². The summed E-state index contributed by atoms with van der Waals surface area (Å²) >= 11 is 6.01. The topological polar surface area (TPSA) is 44.8 Å². The fourth-order valence-electron chi connectivity index (χ4n) is 3.28. The number of nitrogens with one attached hydrogen (secondary N) is 1. The number of carbonyl (C=O) groups is 1. The van der Waals surface area contributed by atoms with Gasteiger partial charge in [0.05, 0.1) is 19.8 Å². The second-order valence-corrected chi connectivity index (χ2v) is 7.72. The van der Waals surface area contributed by atoms with Gasteiger partial charge in [0.15, 0.2) is 0 Å². The van der Waals surface area contributed by atoms with Gasteiger partial charge < -0.3 is 10.1 Å². The quantitative estimate of drug-likeness (QED) is 0.738. The summed E-state index contributed by atoms with van der Waals surface area (Å²) in [7, 11) is 1.93. The number of rotatable bonds is 8. The van der Waals surface area contributed by atoms with Crippen LogP contribution < -0.4 is 5.32 Å². The smallest absolute Gasteiger partial charge is 0.234 e. The highest BCUT2D eigenvalue weighted by atomic mass is 35.5. The van der Waals surface area contributed by atoms with E-state index in [4.69, 9.17) is 16.3 Å². The molecule has 0 spiro atoms. The fraction of sp³-hybridized carbons (Fsp3) is 0.409. The van der Waals surface area contributed by atoms with E-state index in [0.717, 1.165) is 44.0 Å². The second kappa shape index (κ2) is 10.6. The van der Waals surface area contributed by atoms with Crippen molar-refractivity contribution in [3.8, 4) is 0 Å². The van der Waals surface area contributed by atoms with Crippen LogP contribution in [-0.2, 0) is 29.2 Å². The van der Waals surface area contributed by atoms with Crippen molar-refractivity contribution < 1.29 is 9.53 Å². The predicted octanol–water partition coefficient (Wildman–Crippen LogP) is 2.92. The molecule has 1 aliphatic rings. The maximum Gasteiger partial charge on any atom is 0.234 e. The monoisotopic (exact) mass is 401 g/mol. The summed E-state index contributed by atoms with van der Waals surface area (Å²) in [5, 5.41) is 3.71. The van der Waals surface area contributed by atoms with Crippen molar-refractivity contribution in [3.05, 3.63) is 70.2 Å². The van der Waals surface area contributed by atoms with Crippen LogP contribution in [0.5, 0.6) is 0 Å². The van der Waals surface area contributed by atoms with E-state index in [0.29, 0.717) is 24.7 Å². The van der Waals surface area contributed by atoms with Crippen LogP contribution in [0.15, 0.2) is 48.5 Å². The van der Waals surface area contributed by atoms with Gasteiger partial charge in [0.2, 0.25) is 5.91 Å². The van der Waals surface area contributed by atoms with E-state index in [-0.39, 0.29) is 5.91 Å². The van der Waals surface area contributed by atoms with Crippen molar-refractivity contribution in [1.29, 1.82) is 0 Å². The van der Waals surface area contributed by atoms with E-state index in [9.17, 15) is 4.79 Å². The van der Waals surface area contributed by atoms with Crippen LogP contribution in [0.4, 0.5) is 0 Å². The van der Waals surface area contributed by atoms with E-state index in [1.165, 1.54) is 5.56 Å². The van der Waals surface area contributed by atoms with Crippen molar-refractivity contribution in [3.63, 3.8) is 0 Å². The number of hydrogen-bond acceptors (Lipinski definition) is 4. The molecule has 5 nitrogen and oxygen atoms in total.